The number of benzene rings is 2. The molecule has 1 amide bonds. The van der Waals surface area contributed by atoms with Crippen molar-refractivity contribution in [2.45, 2.75) is 26.2 Å². The molecule has 0 aromatic heterocycles. The minimum absolute atomic E-state index is 0.132. The van der Waals surface area contributed by atoms with Crippen molar-refractivity contribution in [1.82, 2.24) is 0 Å². The van der Waals surface area contributed by atoms with E-state index in [2.05, 4.69) is 0 Å². The van der Waals surface area contributed by atoms with Gasteiger partial charge in [0.25, 0.3) is 5.91 Å². The lowest BCUT2D eigenvalue weighted by molar-refractivity contribution is -0.147. The van der Waals surface area contributed by atoms with E-state index in [1.807, 2.05) is 12.2 Å². The van der Waals surface area contributed by atoms with Crippen LogP contribution in [0.3, 0.4) is 0 Å². The average Bonchev–Trinajstić information content (AvgIpc) is 2.75. The molecule has 1 N–H and O–H groups in total. The van der Waals surface area contributed by atoms with Gasteiger partial charge in [-0.3, -0.25) is 14.4 Å². The Morgan fingerprint density at radius 1 is 0.933 bits per heavy atom. The molecule has 0 aliphatic heterocycles. The summed E-state index contributed by atoms with van der Waals surface area (Å²) in [6.07, 6.45) is 0.462. The average molecular weight is 423 g/mol. The molecule has 160 valence electrons. The van der Waals surface area contributed by atoms with Gasteiger partial charge >= 0.3 is 5.97 Å². The van der Waals surface area contributed by atoms with E-state index in [0.29, 0.717) is 24.0 Å². The lowest BCUT2D eigenvalue weighted by atomic mass is 10.1. The van der Waals surface area contributed by atoms with Crippen molar-refractivity contribution in [3.05, 3.63) is 59.4 Å². The molecule has 0 aliphatic rings. The van der Waals surface area contributed by atoms with Crippen LogP contribution in [0.1, 0.15) is 36.5 Å². The third kappa shape index (κ3) is 6.61. The molecule has 6 nitrogen and oxygen atoms in total. The number of halogens is 3. The maximum atomic E-state index is 13.5. The van der Waals surface area contributed by atoms with Gasteiger partial charge in [0.1, 0.15) is 5.75 Å². The molecular formula is C21H20F3NO5. The Morgan fingerprint density at radius 2 is 1.63 bits per heavy atom. The third-order valence-corrected chi connectivity index (χ3v) is 3.88. The highest BCUT2D eigenvalue weighted by atomic mass is 19.2. The number of anilines is 1. The van der Waals surface area contributed by atoms with Crippen LogP contribution in [0.4, 0.5) is 18.9 Å². The van der Waals surface area contributed by atoms with Gasteiger partial charge in [-0.1, -0.05) is 6.92 Å². The molecule has 0 bridgehead atoms. The molecule has 0 saturated heterocycles. The van der Waals surface area contributed by atoms with Gasteiger partial charge in [-0.2, -0.15) is 0 Å². The Bertz CT molecular complexity index is 916. The summed E-state index contributed by atoms with van der Waals surface area (Å²) in [7, 11) is 0. The van der Waals surface area contributed by atoms with Gasteiger partial charge in [0, 0.05) is 12.0 Å². The van der Waals surface area contributed by atoms with Crippen molar-refractivity contribution < 1.29 is 37.0 Å². The Hall–Kier alpha value is -3.36. The molecule has 2 rings (SSSR count). The van der Waals surface area contributed by atoms with Crippen LogP contribution in [0.25, 0.3) is 0 Å². The SMILES string of the molecule is CCCOc1ccc(C(=O)CCC(=O)OCC(=O)Nc2ccc(F)c(F)c2F)cc1. The van der Waals surface area contributed by atoms with E-state index in [-0.39, 0.29) is 18.6 Å². The van der Waals surface area contributed by atoms with Crippen LogP contribution in [-0.2, 0) is 14.3 Å². The monoisotopic (exact) mass is 423 g/mol. The quantitative estimate of drug-likeness (QED) is 0.354. The van der Waals surface area contributed by atoms with Crippen molar-refractivity contribution >= 4 is 23.3 Å². The molecule has 0 saturated carbocycles. The van der Waals surface area contributed by atoms with E-state index in [4.69, 9.17) is 9.47 Å². The number of hydrogen-bond donors (Lipinski definition) is 1. The van der Waals surface area contributed by atoms with E-state index >= 15 is 0 Å². The highest BCUT2D eigenvalue weighted by molar-refractivity contribution is 5.98. The van der Waals surface area contributed by atoms with Crippen molar-refractivity contribution in [1.29, 1.82) is 0 Å². The minimum Gasteiger partial charge on any atom is -0.494 e. The Kier molecular flexibility index (Phi) is 8.40. The first-order chi connectivity index (χ1) is 14.3. The number of carbonyl (C=O) groups is 3. The van der Waals surface area contributed by atoms with Gasteiger partial charge in [0.2, 0.25) is 0 Å². The highest BCUT2D eigenvalue weighted by Gasteiger charge is 2.16. The number of hydrogen-bond acceptors (Lipinski definition) is 5. The van der Waals surface area contributed by atoms with Gasteiger partial charge in [-0.05, 0) is 42.8 Å². The second-order valence-electron chi connectivity index (χ2n) is 6.23. The molecule has 0 spiro atoms. The first-order valence-corrected chi connectivity index (χ1v) is 9.16. The summed E-state index contributed by atoms with van der Waals surface area (Å²) in [5.74, 6) is -6.10. The van der Waals surface area contributed by atoms with Gasteiger partial charge in [-0.15, -0.1) is 0 Å². The summed E-state index contributed by atoms with van der Waals surface area (Å²) in [5, 5.41) is 1.97. The van der Waals surface area contributed by atoms with E-state index in [1.165, 1.54) is 0 Å². The molecule has 30 heavy (non-hydrogen) atoms. The first kappa shape index (κ1) is 22.9. The number of ether oxygens (including phenoxy) is 2. The van der Waals surface area contributed by atoms with Crippen LogP contribution >= 0.6 is 0 Å². The molecule has 0 unspecified atom stereocenters. The Morgan fingerprint density at radius 3 is 2.30 bits per heavy atom. The van der Waals surface area contributed by atoms with E-state index in [9.17, 15) is 27.6 Å². The fourth-order valence-electron chi connectivity index (χ4n) is 2.34. The molecule has 2 aromatic rings. The molecule has 0 aliphatic carbocycles. The largest absolute Gasteiger partial charge is 0.494 e. The summed E-state index contributed by atoms with van der Waals surface area (Å²) in [6, 6.07) is 7.97. The standard InChI is InChI=1S/C21H20F3NO5/c1-2-11-29-14-5-3-13(4-6-14)17(26)9-10-19(28)30-12-18(27)25-16-8-7-15(22)20(23)21(16)24/h3-8H,2,9-12H2,1H3,(H,25,27). The molecule has 0 atom stereocenters. The van der Waals surface area contributed by atoms with Crippen molar-refractivity contribution in [3.63, 3.8) is 0 Å². The highest BCUT2D eigenvalue weighted by Crippen LogP contribution is 2.19. The summed E-state index contributed by atoms with van der Waals surface area (Å²) in [6.45, 7) is 1.77. The fourth-order valence-corrected chi connectivity index (χ4v) is 2.34. The third-order valence-electron chi connectivity index (χ3n) is 3.88. The maximum Gasteiger partial charge on any atom is 0.306 e. The molecule has 0 fully saturated rings. The second-order valence-corrected chi connectivity index (χ2v) is 6.23. The first-order valence-electron chi connectivity index (χ1n) is 9.16. The number of nitrogens with one attached hydrogen (secondary N) is 1. The zero-order valence-corrected chi connectivity index (χ0v) is 16.2. The number of Topliss-reactive ketones (excluding diaryl/α,β-unsaturated/α-hetero) is 1. The van der Waals surface area contributed by atoms with Gasteiger partial charge in [0.05, 0.1) is 18.7 Å². The zero-order valence-electron chi connectivity index (χ0n) is 16.2. The van der Waals surface area contributed by atoms with Crippen LogP contribution < -0.4 is 10.1 Å². The predicted octanol–water partition coefficient (Wildman–Crippen LogP) is 4.04. The molecule has 9 heteroatoms. The molecular weight excluding hydrogens is 403 g/mol. The van der Waals surface area contributed by atoms with Gasteiger partial charge in [0.15, 0.2) is 29.8 Å². The number of ketones is 1. The summed E-state index contributed by atoms with van der Waals surface area (Å²) < 4.78 is 49.6. The Balaban J connectivity index is 1.76. The predicted molar refractivity (Wildman–Crippen MR) is 102 cm³/mol. The Labute approximate surface area is 171 Å². The van der Waals surface area contributed by atoms with E-state index in [1.54, 1.807) is 24.3 Å². The molecule has 0 heterocycles. The molecule has 2 aromatic carbocycles. The van der Waals surface area contributed by atoms with Crippen molar-refractivity contribution in [2.75, 3.05) is 18.5 Å². The van der Waals surface area contributed by atoms with Gasteiger partial charge < -0.3 is 14.8 Å². The normalized spacial score (nSPS) is 10.4. The minimum atomic E-state index is -1.73. The van der Waals surface area contributed by atoms with E-state index in [0.717, 1.165) is 12.5 Å². The topological polar surface area (TPSA) is 81.7 Å². The van der Waals surface area contributed by atoms with Crippen molar-refractivity contribution in [2.24, 2.45) is 0 Å². The number of esters is 1. The summed E-state index contributed by atoms with van der Waals surface area (Å²) in [4.78, 5) is 35.5. The number of carbonyl (C=O) groups excluding carboxylic acids is 3. The van der Waals surface area contributed by atoms with Crippen LogP contribution in [0, 0.1) is 17.5 Å². The number of amides is 1. The van der Waals surface area contributed by atoms with Crippen LogP contribution in [0.5, 0.6) is 5.75 Å². The second kappa shape index (κ2) is 11.0. The van der Waals surface area contributed by atoms with E-state index < -0.39 is 41.6 Å². The smallest absolute Gasteiger partial charge is 0.306 e. The zero-order chi connectivity index (χ0) is 22.1. The van der Waals surface area contributed by atoms with Crippen LogP contribution in [0.2, 0.25) is 0 Å². The van der Waals surface area contributed by atoms with Crippen LogP contribution in [0.15, 0.2) is 36.4 Å². The van der Waals surface area contributed by atoms with Gasteiger partial charge in [-0.25, -0.2) is 13.2 Å². The lowest BCUT2D eigenvalue weighted by Crippen LogP contribution is -2.22. The maximum absolute atomic E-state index is 13.5. The fraction of sp³-hybridized carbons (Fsp3) is 0.286. The summed E-state index contributed by atoms with van der Waals surface area (Å²) >= 11 is 0. The van der Waals surface area contributed by atoms with Crippen molar-refractivity contribution in [3.8, 4) is 5.75 Å². The summed E-state index contributed by atoms with van der Waals surface area (Å²) in [5.41, 5.74) is -0.185. The lowest BCUT2D eigenvalue weighted by Gasteiger charge is -2.08. The number of rotatable bonds is 10. The molecule has 0 radical (unpaired) electrons. The van der Waals surface area contributed by atoms with Crippen LogP contribution in [-0.4, -0.2) is 30.9 Å².